The standard InChI is InChI=1S/C99H124B2N2O4/c1-14-19-24-28-30-37-64-99(65-38-31-29-25-20-15-2)89-67-78(76-50-58-83(59-51-76)102(84-60-54-81(55-61-84)100-104-95(6,7)96(8,9)105-100)82-56-48-75(49-57-82)74-46-44-72(45-47-74)39-23-18-5)52-62-85(89)86-71-94-88(70-90(86)99)87-66-77(73-40-35-32-36-41-73)53-63-92(87)103(94)93-69-79(42-33-26-21-16-3)91(68-80(93)43-34-27-22-17-4)101-106-97(10,11)98(12,13)107-101/h32,35-36,40-41,44-63,66-71H,14-31,33-34,37-39,42-43,64-65H2,1-13H3. The molecule has 0 N–H and O–H groups in total. The first-order valence-corrected chi connectivity index (χ1v) is 42.2. The third-order valence-electron chi connectivity index (χ3n) is 25.3. The lowest BCUT2D eigenvalue weighted by atomic mass is 9.70. The highest BCUT2D eigenvalue weighted by molar-refractivity contribution is 6.63. The summed E-state index contributed by atoms with van der Waals surface area (Å²) in [7, 11) is -0.884. The Balaban J connectivity index is 0.965. The number of benzene rings is 9. The first kappa shape index (κ1) is 77.7. The highest BCUT2D eigenvalue weighted by Crippen LogP contribution is 2.57. The Labute approximate surface area is 645 Å². The van der Waals surface area contributed by atoms with Gasteiger partial charge in [0, 0.05) is 38.9 Å². The Hall–Kier alpha value is -7.45. The Bertz CT molecular complexity index is 4540. The summed E-state index contributed by atoms with van der Waals surface area (Å²) in [5.41, 5.74) is 24.9. The number of aryl methyl sites for hydroxylation is 3. The van der Waals surface area contributed by atoms with Crippen LogP contribution in [0.5, 0.6) is 0 Å². The molecule has 8 heteroatoms. The van der Waals surface area contributed by atoms with Crippen LogP contribution in [-0.2, 0) is 43.3 Å². The van der Waals surface area contributed by atoms with Crippen LogP contribution in [0, 0.1) is 0 Å². The van der Waals surface area contributed by atoms with E-state index in [1.165, 1.54) is 234 Å². The minimum Gasteiger partial charge on any atom is -0.399 e. The summed E-state index contributed by atoms with van der Waals surface area (Å²) in [5, 5.41) is 2.67. The van der Waals surface area contributed by atoms with Crippen molar-refractivity contribution in [1.29, 1.82) is 0 Å². The van der Waals surface area contributed by atoms with Crippen LogP contribution in [0.4, 0.5) is 17.1 Å². The van der Waals surface area contributed by atoms with Crippen molar-refractivity contribution in [2.45, 2.75) is 291 Å². The number of nitrogens with zero attached hydrogens (tertiary/aromatic N) is 2. The fourth-order valence-corrected chi connectivity index (χ4v) is 17.4. The SMILES string of the molecule is CCCCCCCCC1(CCCCCCCC)c2cc(-c3ccc(N(c4ccc(B5OC(C)(C)C(C)(C)O5)cc4)c4ccc(-c5ccc(CCCC)cc5)cc4)cc3)ccc2-c2cc3c(cc21)c1cc(-c2ccccc2)ccc1n3-c1cc(CCCCCC)c(B2OC(C)(C)C(C)(C)O2)cc1CCCCCC. The summed E-state index contributed by atoms with van der Waals surface area (Å²) < 4.78 is 30.0. The van der Waals surface area contributed by atoms with E-state index in [2.05, 4.69) is 288 Å². The summed E-state index contributed by atoms with van der Waals surface area (Å²) in [6, 6.07) is 73.3. The van der Waals surface area contributed by atoms with E-state index >= 15 is 0 Å². The van der Waals surface area contributed by atoms with Gasteiger partial charge in [0.05, 0.1) is 33.4 Å². The van der Waals surface area contributed by atoms with Gasteiger partial charge in [-0.2, -0.15) is 0 Å². The van der Waals surface area contributed by atoms with Gasteiger partial charge in [-0.25, -0.2) is 0 Å². The normalized spacial score (nSPS) is 16.0. The van der Waals surface area contributed by atoms with Crippen molar-refractivity contribution >= 4 is 64.0 Å². The molecule has 2 saturated heterocycles. The number of hydrogen-bond acceptors (Lipinski definition) is 5. The molecule has 2 aliphatic heterocycles. The molecule has 9 aromatic carbocycles. The molecule has 560 valence electrons. The summed E-state index contributed by atoms with van der Waals surface area (Å²) in [6.07, 6.45) is 32.5. The van der Waals surface area contributed by atoms with Crippen LogP contribution in [-0.4, -0.2) is 41.2 Å². The fourth-order valence-electron chi connectivity index (χ4n) is 17.4. The van der Waals surface area contributed by atoms with E-state index in [1.807, 2.05) is 0 Å². The Morgan fingerprint density at radius 2 is 0.757 bits per heavy atom. The summed E-state index contributed by atoms with van der Waals surface area (Å²) in [4.78, 5) is 2.40. The average Bonchev–Trinajstić information content (AvgIpc) is 1.54. The van der Waals surface area contributed by atoms with Crippen LogP contribution in [0.3, 0.4) is 0 Å². The van der Waals surface area contributed by atoms with Gasteiger partial charge in [0.2, 0.25) is 0 Å². The third kappa shape index (κ3) is 16.7. The molecule has 2 fully saturated rings. The maximum absolute atomic E-state index is 7.05. The Morgan fingerprint density at radius 3 is 1.31 bits per heavy atom. The van der Waals surface area contributed by atoms with Gasteiger partial charge >= 0.3 is 14.2 Å². The van der Waals surface area contributed by atoms with Crippen molar-refractivity contribution in [3.63, 3.8) is 0 Å². The quantitative estimate of drug-likeness (QED) is 0.0289. The number of fused-ring (bicyclic) bond motifs is 6. The van der Waals surface area contributed by atoms with E-state index in [9.17, 15) is 0 Å². The second-order valence-electron chi connectivity index (χ2n) is 34.0. The molecule has 6 nitrogen and oxygen atoms in total. The zero-order chi connectivity index (χ0) is 74.9. The first-order valence-electron chi connectivity index (χ1n) is 42.2. The van der Waals surface area contributed by atoms with Gasteiger partial charge in [-0.05, 0) is 263 Å². The van der Waals surface area contributed by atoms with E-state index < -0.39 is 36.6 Å². The second-order valence-corrected chi connectivity index (χ2v) is 34.0. The third-order valence-corrected chi connectivity index (χ3v) is 25.3. The molecule has 3 heterocycles. The topological polar surface area (TPSA) is 45.1 Å². The van der Waals surface area contributed by atoms with E-state index in [4.69, 9.17) is 18.6 Å². The monoisotopic (exact) mass is 1430 g/mol. The van der Waals surface area contributed by atoms with Crippen LogP contribution < -0.4 is 15.8 Å². The van der Waals surface area contributed by atoms with Gasteiger partial charge in [0.1, 0.15) is 0 Å². The molecule has 0 bridgehead atoms. The molecule has 0 spiro atoms. The lowest BCUT2D eigenvalue weighted by Gasteiger charge is -2.33. The molecule has 0 amide bonds. The predicted molar refractivity (Wildman–Crippen MR) is 460 cm³/mol. The zero-order valence-corrected chi connectivity index (χ0v) is 67.7. The molecule has 1 aliphatic carbocycles. The second kappa shape index (κ2) is 34.2. The molecule has 0 radical (unpaired) electrons. The minimum atomic E-state index is -0.452. The van der Waals surface area contributed by atoms with Gasteiger partial charge in [-0.15, -0.1) is 0 Å². The lowest BCUT2D eigenvalue weighted by Crippen LogP contribution is -2.41. The number of unbranched alkanes of at least 4 members (excludes halogenated alkanes) is 17. The molecule has 0 unspecified atom stereocenters. The van der Waals surface area contributed by atoms with Crippen LogP contribution in [0.15, 0.2) is 188 Å². The smallest absolute Gasteiger partial charge is 0.399 e. The van der Waals surface area contributed by atoms with E-state index in [1.54, 1.807) is 0 Å². The van der Waals surface area contributed by atoms with Crippen LogP contribution >= 0.6 is 0 Å². The molecule has 13 rings (SSSR count). The number of aromatic nitrogens is 1. The average molecular weight is 1430 g/mol. The number of rotatable bonds is 36. The minimum absolute atomic E-state index is 0.178. The highest BCUT2D eigenvalue weighted by Gasteiger charge is 2.53. The molecule has 10 aromatic rings. The van der Waals surface area contributed by atoms with Crippen molar-refractivity contribution in [1.82, 2.24) is 4.57 Å². The van der Waals surface area contributed by atoms with Crippen molar-refractivity contribution in [3.05, 3.63) is 216 Å². The zero-order valence-electron chi connectivity index (χ0n) is 67.7. The van der Waals surface area contributed by atoms with Crippen molar-refractivity contribution in [3.8, 4) is 50.2 Å². The van der Waals surface area contributed by atoms with E-state index in [-0.39, 0.29) is 5.41 Å². The fraction of sp³-hybridized carbons (Fsp3) is 0.455. The van der Waals surface area contributed by atoms with Crippen molar-refractivity contribution in [2.24, 2.45) is 0 Å². The molecular formula is C99H124B2N2O4. The van der Waals surface area contributed by atoms with Crippen LogP contribution in [0.2, 0.25) is 0 Å². The number of hydrogen-bond donors (Lipinski definition) is 0. The van der Waals surface area contributed by atoms with Crippen LogP contribution in [0.1, 0.15) is 272 Å². The molecule has 3 aliphatic rings. The lowest BCUT2D eigenvalue weighted by molar-refractivity contribution is 0.00578. The largest absolute Gasteiger partial charge is 0.495 e. The maximum Gasteiger partial charge on any atom is 0.495 e. The molecule has 0 saturated carbocycles. The van der Waals surface area contributed by atoms with Gasteiger partial charge in [0.15, 0.2) is 0 Å². The van der Waals surface area contributed by atoms with Gasteiger partial charge in [0.25, 0.3) is 0 Å². The van der Waals surface area contributed by atoms with E-state index in [0.717, 1.165) is 67.5 Å². The van der Waals surface area contributed by atoms with Gasteiger partial charge in [-0.3, -0.25) is 0 Å². The van der Waals surface area contributed by atoms with E-state index in [0.29, 0.717) is 0 Å². The van der Waals surface area contributed by atoms with Gasteiger partial charge < -0.3 is 28.1 Å². The Kier molecular flexibility index (Phi) is 24.8. The summed E-state index contributed by atoms with van der Waals surface area (Å²) >= 11 is 0. The Morgan fingerprint density at radius 1 is 0.327 bits per heavy atom. The molecule has 0 atom stereocenters. The van der Waals surface area contributed by atoms with Crippen LogP contribution in [0.25, 0.3) is 72.0 Å². The molecule has 107 heavy (non-hydrogen) atoms. The first-order chi connectivity index (χ1) is 51.8. The maximum atomic E-state index is 7.05. The summed E-state index contributed by atoms with van der Waals surface area (Å²) in [5.74, 6) is 0. The molecule has 1 aromatic heterocycles. The highest BCUT2D eigenvalue weighted by atomic mass is 16.7. The van der Waals surface area contributed by atoms with Crippen molar-refractivity contribution < 1.29 is 18.6 Å². The summed E-state index contributed by atoms with van der Waals surface area (Å²) in [6.45, 7) is 28.9. The van der Waals surface area contributed by atoms with Crippen molar-refractivity contribution in [2.75, 3.05) is 4.90 Å². The predicted octanol–water partition coefficient (Wildman–Crippen LogP) is 27.2. The number of anilines is 3. The molecular weight excluding hydrogens is 1300 g/mol. The van der Waals surface area contributed by atoms with Gasteiger partial charge in [-0.1, -0.05) is 272 Å².